The first-order valence-electron chi connectivity index (χ1n) is 7.73. The molecule has 24 heavy (non-hydrogen) atoms. The number of halogens is 2. The van der Waals surface area contributed by atoms with Gasteiger partial charge in [0.2, 0.25) is 11.7 Å². The van der Waals surface area contributed by atoms with Crippen LogP contribution >= 0.6 is 11.3 Å². The van der Waals surface area contributed by atoms with Crippen LogP contribution in [0.1, 0.15) is 23.8 Å². The number of hydrogen-bond donors (Lipinski definition) is 0. The molecule has 0 saturated carbocycles. The molecule has 1 atom stereocenters. The van der Waals surface area contributed by atoms with Crippen LogP contribution in [0.5, 0.6) is 0 Å². The Morgan fingerprint density at radius 3 is 2.96 bits per heavy atom. The average Bonchev–Trinajstić information content (AvgIpc) is 3.30. The largest absolute Gasteiger partial charge is 0.339 e. The van der Waals surface area contributed by atoms with E-state index in [4.69, 9.17) is 4.52 Å². The molecule has 3 aromatic rings. The molecule has 0 aliphatic carbocycles. The van der Waals surface area contributed by atoms with E-state index in [2.05, 4.69) is 15.0 Å². The second-order valence-corrected chi connectivity index (χ2v) is 6.85. The van der Waals surface area contributed by atoms with Crippen LogP contribution in [0.25, 0.3) is 10.7 Å². The van der Waals surface area contributed by atoms with Crippen molar-refractivity contribution in [2.45, 2.75) is 18.9 Å². The van der Waals surface area contributed by atoms with Gasteiger partial charge in [-0.2, -0.15) is 4.98 Å². The predicted octanol–water partition coefficient (Wildman–Crippen LogP) is 4.07. The quantitative estimate of drug-likeness (QED) is 0.714. The van der Waals surface area contributed by atoms with E-state index in [0.717, 1.165) is 30.0 Å². The van der Waals surface area contributed by atoms with Gasteiger partial charge in [-0.05, 0) is 42.1 Å². The number of hydrogen-bond acceptors (Lipinski definition) is 5. The van der Waals surface area contributed by atoms with Crippen molar-refractivity contribution >= 4 is 11.3 Å². The van der Waals surface area contributed by atoms with Crippen molar-refractivity contribution in [1.29, 1.82) is 0 Å². The summed E-state index contributed by atoms with van der Waals surface area (Å²) < 4.78 is 31.7. The third-order valence-corrected chi connectivity index (χ3v) is 5.06. The van der Waals surface area contributed by atoms with E-state index >= 15 is 0 Å². The van der Waals surface area contributed by atoms with Gasteiger partial charge in [0.1, 0.15) is 0 Å². The molecule has 2 aromatic heterocycles. The Balaban J connectivity index is 1.42. The summed E-state index contributed by atoms with van der Waals surface area (Å²) in [5, 5.41) is 6.02. The lowest BCUT2D eigenvalue weighted by atomic mass is 10.1. The van der Waals surface area contributed by atoms with Crippen LogP contribution in [0.15, 0.2) is 40.2 Å². The van der Waals surface area contributed by atoms with Gasteiger partial charge >= 0.3 is 0 Å². The number of rotatable bonds is 4. The minimum Gasteiger partial charge on any atom is -0.339 e. The highest BCUT2D eigenvalue weighted by atomic mass is 32.1. The zero-order chi connectivity index (χ0) is 16.5. The van der Waals surface area contributed by atoms with Crippen molar-refractivity contribution in [2.24, 2.45) is 0 Å². The van der Waals surface area contributed by atoms with Crippen molar-refractivity contribution in [3.8, 4) is 10.7 Å². The summed E-state index contributed by atoms with van der Waals surface area (Å²) in [4.78, 5) is 7.67. The first-order valence-corrected chi connectivity index (χ1v) is 8.61. The highest BCUT2D eigenvalue weighted by Crippen LogP contribution is 2.29. The SMILES string of the molecule is Fc1ccc(CN2CC[C@@H](c3nc(-c4cccs4)no3)C2)cc1F. The predicted molar refractivity (Wildman–Crippen MR) is 86.6 cm³/mol. The third kappa shape index (κ3) is 3.09. The van der Waals surface area contributed by atoms with Gasteiger partial charge in [0.05, 0.1) is 10.8 Å². The summed E-state index contributed by atoms with van der Waals surface area (Å²) >= 11 is 1.58. The molecule has 0 bridgehead atoms. The zero-order valence-corrected chi connectivity index (χ0v) is 13.6. The van der Waals surface area contributed by atoms with Gasteiger partial charge in [0.25, 0.3) is 0 Å². The maximum Gasteiger partial charge on any atom is 0.231 e. The van der Waals surface area contributed by atoms with E-state index in [1.54, 1.807) is 17.4 Å². The van der Waals surface area contributed by atoms with Gasteiger partial charge in [-0.3, -0.25) is 4.90 Å². The molecule has 124 valence electrons. The van der Waals surface area contributed by atoms with Crippen molar-refractivity contribution in [2.75, 3.05) is 13.1 Å². The van der Waals surface area contributed by atoms with Gasteiger partial charge in [-0.1, -0.05) is 17.3 Å². The van der Waals surface area contributed by atoms with Crippen molar-refractivity contribution in [3.63, 3.8) is 0 Å². The fourth-order valence-electron chi connectivity index (χ4n) is 2.98. The number of thiophene rings is 1. The third-order valence-electron chi connectivity index (χ3n) is 4.20. The average molecular weight is 347 g/mol. The lowest BCUT2D eigenvalue weighted by molar-refractivity contribution is 0.308. The Labute approximate surface area is 141 Å². The Kier molecular flexibility index (Phi) is 4.12. The lowest BCUT2D eigenvalue weighted by Gasteiger charge is -2.15. The summed E-state index contributed by atoms with van der Waals surface area (Å²) in [6, 6.07) is 7.96. The standard InChI is InChI=1S/C17H15F2N3OS/c18-13-4-3-11(8-14(13)19)9-22-6-5-12(10-22)17-20-16(21-23-17)15-2-1-7-24-15/h1-4,7-8,12H,5-6,9-10H2/t12-/m1/s1. The van der Waals surface area contributed by atoms with E-state index in [-0.39, 0.29) is 5.92 Å². The Bertz CT molecular complexity index is 834. The second kappa shape index (κ2) is 6.41. The molecule has 1 aromatic carbocycles. The van der Waals surface area contributed by atoms with E-state index in [1.165, 1.54) is 12.1 Å². The molecular formula is C17H15F2N3OS. The fourth-order valence-corrected chi connectivity index (χ4v) is 3.63. The molecule has 0 amide bonds. The van der Waals surface area contributed by atoms with Crippen LogP contribution in [0.3, 0.4) is 0 Å². The molecule has 7 heteroatoms. The van der Waals surface area contributed by atoms with Crippen molar-refractivity contribution in [3.05, 3.63) is 58.8 Å². The summed E-state index contributed by atoms with van der Waals surface area (Å²) in [5.74, 6) is -0.174. The topological polar surface area (TPSA) is 42.2 Å². The number of likely N-dealkylation sites (tertiary alicyclic amines) is 1. The molecule has 4 nitrogen and oxygen atoms in total. The monoisotopic (exact) mass is 347 g/mol. The molecular weight excluding hydrogens is 332 g/mol. The van der Waals surface area contributed by atoms with Crippen LogP contribution in [0, 0.1) is 11.6 Å². The van der Waals surface area contributed by atoms with Gasteiger partial charge in [-0.15, -0.1) is 11.3 Å². The maximum atomic E-state index is 13.3. The highest BCUT2D eigenvalue weighted by molar-refractivity contribution is 7.13. The first-order chi connectivity index (χ1) is 11.7. The molecule has 0 radical (unpaired) electrons. The Morgan fingerprint density at radius 1 is 1.25 bits per heavy atom. The van der Waals surface area contributed by atoms with Gasteiger partial charge in [-0.25, -0.2) is 8.78 Å². The summed E-state index contributed by atoms with van der Waals surface area (Å²) in [6.07, 6.45) is 0.912. The normalized spacial score (nSPS) is 18.3. The van der Waals surface area contributed by atoms with E-state index in [9.17, 15) is 8.78 Å². The Morgan fingerprint density at radius 2 is 2.17 bits per heavy atom. The number of aromatic nitrogens is 2. The van der Waals surface area contributed by atoms with Crippen molar-refractivity contribution < 1.29 is 13.3 Å². The van der Waals surface area contributed by atoms with Crippen LogP contribution < -0.4 is 0 Å². The van der Waals surface area contributed by atoms with E-state index < -0.39 is 11.6 Å². The summed E-state index contributed by atoms with van der Waals surface area (Å²) in [6.45, 7) is 2.21. The summed E-state index contributed by atoms with van der Waals surface area (Å²) in [7, 11) is 0. The molecule has 1 fully saturated rings. The molecule has 0 unspecified atom stereocenters. The molecule has 1 aliphatic rings. The Hall–Kier alpha value is -2.12. The molecule has 4 rings (SSSR count). The maximum absolute atomic E-state index is 13.3. The van der Waals surface area contributed by atoms with E-state index in [1.807, 2.05) is 17.5 Å². The fraction of sp³-hybridized carbons (Fsp3) is 0.294. The van der Waals surface area contributed by atoms with Crippen LogP contribution in [-0.2, 0) is 6.54 Å². The minimum atomic E-state index is -0.815. The first kappa shape index (κ1) is 15.4. The van der Waals surface area contributed by atoms with Crippen LogP contribution in [0.2, 0.25) is 0 Å². The van der Waals surface area contributed by atoms with Gasteiger partial charge in [0.15, 0.2) is 11.6 Å². The minimum absolute atomic E-state index is 0.177. The molecule has 1 saturated heterocycles. The second-order valence-electron chi connectivity index (χ2n) is 5.90. The van der Waals surface area contributed by atoms with Crippen LogP contribution in [0.4, 0.5) is 8.78 Å². The van der Waals surface area contributed by atoms with E-state index in [0.29, 0.717) is 18.3 Å². The number of nitrogens with zero attached hydrogens (tertiary/aromatic N) is 3. The van der Waals surface area contributed by atoms with Crippen molar-refractivity contribution in [1.82, 2.24) is 15.0 Å². The summed E-state index contributed by atoms with van der Waals surface area (Å²) in [5.41, 5.74) is 0.763. The lowest BCUT2D eigenvalue weighted by Crippen LogP contribution is -2.20. The van der Waals surface area contributed by atoms with Gasteiger partial charge in [0, 0.05) is 13.1 Å². The molecule has 1 aliphatic heterocycles. The van der Waals surface area contributed by atoms with Gasteiger partial charge < -0.3 is 4.52 Å². The molecule has 0 spiro atoms. The highest BCUT2D eigenvalue weighted by Gasteiger charge is 2.28. The number of benzene rings is 1. The van der Waals surface area contributed by atoms with Crippen LogP contribution in [-0.4, -0.2) is 28.1 Å². The smallest absolute Gasteiger partial charge is 0.231 e. The molecule has 0 N–H and O–H groups in total. The molecule has 3 heterocycles. The zero-order valence-electron chi connectivity index (χ0n) is 12.8.